The molecule has 0 spiro atoms. The third-order valence-corrected chi connectivity index (χ3v) is 7.52. The first-order valence-corrected chi connectivity index (χ1v) is 13.6. The molecule has 0 fully saturated rings. The van der Waals surface area contributed by atoms with Crippen molar-refractivity contribution in [3.05, 3.63) is 120 Å². The lowest BCUT2D eigenvalue weighted by molar-refractivity contribution is 1.12. The number of hydrogen-bond donors (Lipinski definition) is 3. The minimum Gasteiger partial charge on any atom is -0.358 e. The maximum absolute atomic E-state index is 4.66. The third-order valence-electron chi connectivity index (χ3n) is 6.84. The van der Waals surface area contributed by atoms with Gasteiger partial charge in [-0.3, -0.25) is 10.1 Å². The first kappa shape index (κ1) is 23.1. The summed E-state index contributed by atoms with van der Waals surface area (Å²) in [7, 11) is 0. The summed E-state index contributed by atoms with van der Waals surface area (Å²) in [6.07, 6.45) is 6.30. The summed E-state index contributed by atoms with van der Waals surface area (Å²) in [5, 5.41) is 17.6. The van der Waals surface area contributed by atoms with Crippen molar-refractivity contribution in [2.45, 2.75) is 6.42 Å². The Morgan fingerprint density at radius 2 is 1.82 bits per heavy atom. The molecule has 0 unspecified atom stereocenters. The lowest BCUT2D eigenvalue weighted by Crippen LogP contribution is -2.02. The van der Waals surface area contributed by atoms with Gasteiger partial charge in [0.2, 0.25) is 0 Å². The van der Waals surface area contributed by atoms with E-state index in [0.29, 0.717) is 0 Å². The van der Waals surface area contributed by atoms with Gasteiger partial charge in [-0.2, -0.15) is 16.4 Å². The molecule has 39 heavy (non-hydrogen) atoms. The second-order valence-corrected chi connectivity index (χ2v) is 10.3. The van der Waals surface area contributed by atoms with Gasteiger partial charge in [0.25, 0.3) is 0 Å². The van der Waals surface area contributed by atoms with Crippen LogP contribution in [0.2, 0.25) is 0 Å². The molecule has 0 saturated carbocycles. The quantitative estimate of drug-likeness (QED) is 0.197. The molecule has 5 heterocycles. The molecule has 0 bridgehead atoms. The molecule has 0 atom stereocenters. The Hall–Kier alpha value is -5.01. The fourth-order valence-corrected chi connectivity index (χ4v) is 5.64. The van der Waals surface area contributed by atoms with Crippen molar-refractivity contribution in [2.75, 3.05) is 5.32 Å². The van der Waals surface area contributed by atoms with Gasteiger partial charge in [0.15, 0.2) is 0 Å². The second-order valence-electron chi connectivity index (χ2n) is 9.50. The molecular weight excluding hydrogens is 500 g/mol. The van der Waals surface area contributed by atoms with Gasteiger partial charge in [-0.05, 0) is 69.4 Å². The SMILES string of the molecule is C=C(Cc1ccccc1)Nc1cncc(-c2ccc3[nH]nc(-c4cc5c(-c6ccsc6)ccnc5[nH]4)c3c2)c1. The van der Waals surface area contributed by atoms with E-state index in [1.807, 2.05) is 36.8 Å². The van der Waals surface area contributed by atoms with Crippen LogP contribution in [0.15, 0.2) is 114 Å². The van der Waals surface area contributed by atoms with Crippen molar-refractivity contribution in [1.82, 2.24) is 25.1 Å². The molecule has 6 nitrogen and oxygen atoms in total. The molecule has 0 aliphatic carbocycles. The predicted octanol–water partition coefficient (Wildman–Crippen LogP) is 8.07. The first-order chi connectivity index (χ1) is 19.2. The second kappa shape index (κ2) is 9.70. The number of fused-ring (bicyclic) bond motifs is 2. The Balaban J connectivity index is 1.21. The maximum Gasteiger partial charge on any atom is 0.138 e. The number of thiophene rings is 1. The van der Waals surface area contributed by atoms with Crippen LogP contribution in [0, 0.1) is 0 Å². The Morgan fingerprint density at radius 1 is 0.897 bits per heavy atom. The van der Waals surface area contributed by atoms with Crippen molar-refractivity contribution < 1.29 is 0 Å². The van der Waals surface area contributed by atoms with E-state index in [-0.39, 0.29) is 0 Å². The van der Waals surface area contributed by atoms with E-state index in [2.05, 4.69) is 102 Å². The molecular formula is C32H24N6S. The number of hydrogen-bond acceptors (Lipinski definition) is 5. The van der Waals surface area contributed by atoms with Crippen molar-refractivity contribution in [3.8, 4) is 33.6 Å². The molecule has 0 amide bonds. The van der Waals surface area contributed by atoms with Gasteiger partial charge in [0.1, 0.15) is 11.3 Å². The number of aromatic nitrogens is 5. The normalized spacial score (nSPS) is 11.3. The largest absolute Gasteiger partial charge is 0.358 e. The van der Waals surface area contributed by atoms with Crippen LogP contribution in [0.4, 0.5) is 5.69 Å². The summed E-state index contributed by atoms with van der Waals surface area (Å²) in [6, 6.07) is 25.1. The summed E-state index contributed by atoms with van der Waals surface area (Å²) in [6.45, 7) is 4.21. The summed E-state index contributed by atoms with van der Waals surface area (Å²) in [5.74, 6) is 0. The summed E-state index contributed by atoms with van der Waals surface area (Å²) in [4.78, 5) is 12.5. The van der Waals surface area contributed by atoms with E-state index in [1.165, 1.54) is 11.1 Å². The molecule has 5 aromatic heterocycles. The minimum atomic E-state index is 0.753. The van der Waals surface area contributed by atoms with Crippen molar-refractivity contribution in [2.24, 2.45) is 0 Å². The van der Waals surface area contributed by atoms with E-state index in [0.717, 1.165) is 67.8 Å². The highest BCUT2D eigenvalue weighted by molar-refractivity contribution is 7.08. The first-order valence-electron chi connectivity index (χ1n) is 12.6. The lowest BCUT2D eigenvalue weighted by Gasteiger charge is -2.11. The van der Waals surface area contributed by atoms with Gasteiger partial charge in [0, 0.05) is 40.8 Å². The Kier molecular flexibility index (Phi) is 5.75. The molecule has 2 aromatic carbocycles. The molecule has 7 aromatic rings. The zero-order chi connectivity index (χ0) is 26.2. The zero-order valence-electron chi connectivity index (χ0n) is 21.0. The standard InChI is InChI=1S/C32H24N6S/c1-20(13-21-5-3-2-4-6-21)35-25-14-24(17-33-18-25)22-7-8-29-28(15-22)31(38-37-29)30-16-27-26(23-10-12-39-19-23)9-11-34-32(27)36-30/h2-12,14-19,35H,1,13H2,(H,34,36)(H,37,38). The van der Waals surface area contributed by atoms with Gasteiger partial charge in [0.05, 0.1) is 23.1 Å². The number of H-pyrrole nitrogens is 2. The lowest BCUT2D eigenvalue weighted by atomic mass is 10.0. The van der Waals surface area contributed by atoms with Crippen LogP contribution in [0.25, 0.3) is 55.6 Å². The Labute approximate surface area is 229 Å². The fourth-order valence-electron chi connectivity index (χ4n) is 4.98. The highest BCUT2D eigenvalue weighted by Gasteiger charge is 2.15. The van der Waals surface area contributed by atoms with E-state index in [1.54, 1.807) is 11.3 Å². The van der Waals surface area contributed by atoms with Crippen LogP contribution in [-0.2, 0) is 6.42 Å². The molecule has 0 saturated heterocycles. The summed E-state index contributed by atoms with van der Waals surface area (Å²) >= 11 is 1.69. The van der Waals surface area contributed by atoms with Crippen LogP contribution in [0.3, 0.4) is 0 Å². The Morgan fingerprint density at radius 3 is 2.69 bits per heavy atom. The highest BCUT2D eigenvalue weighted by Crippen LogP contribution is 2.35. The van der Waals surface area contributed by atoms with Gasteiger partial charge < -0.3 is 10.3 Å². The fraction of sp³-hybridized carbons (Fsp3) is 0.0312. The van der Waals surface area contributed by atoms with Crippen molar-refractivity contribution in [1.29, 1.82) is 0 Å². The van der Waals surface area contributed by atoms with E-state index >= 15 is 0 Å². The van der Waals surface area contributed by atoms with E-state index in [4.69, 9.17) is 0 Å². The number of benzene rings is 2. The van der Waals surface area contributed by atoms with Gasteiger partial charge in [-0.15, -0.1) is 0 Å². The number of anilines is 1. The monoisotopic (exact) mass is 524 g/mol. The van der Waals surface area contributed by atoms with Crippen LogP contribution < -0.4 is 5.32 Å². The number of pyridine rings is 2. The molecule has 7 heteroatoms. The third kappa shape index (κ3) is 4.49. The molecule has 0 radical (unpaired) electrons. The topological polar surface area (TPSA) is 82.3 Å². The highest BCUT2D eigenvalue weighted by atomic mass is 32.1. The molecule has 0 aliphatic rings. The predicted molar refractivity (Wildman–Crippen MR) is 161 cm³/mol. The van der Waals surface area contributed by atoms with Gasteiger partial charge >= 0.3 is 0 Å². The molecule has 0 aliphatic heterocycles. The van der Waals surface area contributed by atoms with Crippen LogP contribution >= 0.6 is 11.3 Å². The molecule has 188 valence electrons. The average molecular weight is 525 g/mol. The van der Waals surface area contributed by atoms with Crippen LogP contribution in [-0.4, -0.2) is 25.1 Å². The number of nitrogens with zero attached hydrogens (tertiary/aromatic N) is 3. The molecule has 3 N–H and O–H groups in total. The van der Waals surface area contributed by atoms with Gasteiger partial charge in [-0.25, -0.2) is 4.98 Å². The molecule has 7 rings (SSSR count). The van der Waals surface area contributed by atoms with Gasteiger partial charge in [-0.1, -0.05) is 43.0 Å². The summed E-state index contributed by atoms with van der Waals surface area (Å²) in [5.41, 5.74) is 11.1. The zero-order valence-corrected chi connectivity index (χ0v) is 21.8. The number of aromatic amines is 2. The maximum atomic E-state index is 4.66. The van der Waals surface area contributed by atoms with Crippen molar-refractivity contribution in [3.63, 3.8) is 0 Å². The Bertz CT molecular complexity index is 1930. The van der Waals surface area contributed by atoms with Crippen molar-refractivity contribution >= 4 is 39.0 Å². The van der Waals surface area contributed by atoms with E-state index < -0.39 is 0 Å². The van der Waals surface area contributed by atoms with Crippen LogP contribution in [0.1, 0.15) is 5.56 Å². The smallest absolute Gasteiger partial charge is 0.138 e. The van der Waals surface area contributed by atoms with Crippen LogP contribution in [0.5, 0.6) is 0 Å². The number of allylic oxidation sites excluding steroid dienone is 1. The number of rotatable bonds is 7. The average Bonchev–Trinajstić information content (AvgIpc) is 3.73. The minimum absolute atomic E-state index is 0.753. The number of nitrogens with one attached hydrogen (secondary N) is 3. The van der Waals surface area contributed by atoms with E-state index in [9.17, 15) is 0 Å². The summed E-state index contributed by atoms with van der Waals surface area (Å²) < 4.78 is 0.